The maximum absolute atomic E-state index is 13.6. The number of benzene rings is 2. The lowest BCUT2D eigenvalue weighted by Crippen LogP contribution is -2.37. The van der Waals surface area contributed by atoms with Crippen molar-refractivity contribution in [2.45, 2.75) is 25.6 Å². The number of carbonyl (C=O) groups is 2. The molecule has 0 aliphatic carbocycles. The Morgan fingerprint density at radius 3 is 2.66 bits per heavy atom. The number of hydrogen-bond acceptors (Lipinski definition) is 6. The summed E-state index contributed by atoms with van der Waals surface area (Å²) in [6, 6.07) is 13.4. The summed E-state index contributed by atoms with van der Waals surface area (Å²) in [4.78, 5) is 28.1. The minimum absolute atomic E-state index is 0.0281. The zero-order valence-electron chi connectivity index (χ0n) is 18.5. The van der Waals surface area contributed by atoms with Crippen molar-refractivity contribution in [2.75, 3.05) is 24.5 Å². The van der Waals surface area contributed by atoms with Crippen LogP contribution in [0.4, 0.5) is 18.9 Å². The normalized spacial score (nSPS) is 13.1. The standard InChI is InChI=1S/C24H22F3N3O4S/c25-24(26,27)23-22(15-4-2-1-3-5-15)29-19(35-23)14-34-17-6-7-18-16(12-17)9-11-30(18)20(31)13-28-10-8-21(32)33/h1-7,12,28H,8-11,13-14H2,(H,32,33). The Bertz CT molecular complexity index is 1210. The summed E-state index contributed by atoms with van der Waals surface area (Å²) in [5, 5.41) is 11.7. The number of thiazole rings is 1. The predicted molar refractivity (Wildman–Crippen MR) is 125 cm³/mol. The Balaban J connectivity index is 1.41. The van der Waals surface area contributed by atoms with Gasteiger partial charge in [-0.15, -0.1) is 11.3 Å². The molecule has 184 valence electrons. The molecule has 0 fully saturated rings. The molecular weight excluding hydrogens is 483 g/mol. The smallest absolute Gasteiger partial charge is 0.427 e. The number of aromatic nitrogens is 1. The fraction of sp³-hybridized carbons (Fsp3) is 0.292. The maximum Gasteiger partial charge on any atom is 0.427 e. The van der Waals surface area contributed by atoms with Gasteiger partial charge in [0.2, 0.25) is 5.91 Å². The van der Waals surface area contributed by atoms with Gasteiger partial charge in [-0.2, -0.15) is 13.2 Å². The molecule has 0 bridgehead atoms. The topological polar surface area (TPSA) is 91.8 Å². The Kier molecular flexibility index (Phi) is 7.37. The van der Waals surface area contributed by atoms with E-state index in [2.05, 4.69) is 10.3 Å². The molecule has 1 aliphatic rings. The van der Waals surface area contributed by atoms with Gasteiger partial charge in [-0.25, -0.2) is 4.98 Å². The van der Waals surface area contributed by atoms with Crippen LogP contribution in [0.2, 0.25) is 0 Å². The lowest BCUT2D eigenvalue weighted by Gasteiger charge is -2.18. The van der Waals surface area contributed by atoms with Crippen molar-refractivity contribution in [2.24, 2.45) is 0 Å². The molecule has 1 aromatic heterocycles. The van der Waals surface area contributed by atoms with Crippen molar-refractivity contribution in [1.29, 1.82) is 0 Å². The number of nitrogens with one attached hydrogen (secondary N) is 1. The molecule has 0 spiro atoms. The third-order valence-electron chi connectivity index (χ3n) is 5.38. The Morgan fingerprint density at radius 1 is 1.17 bits per heavy atom. The van der Waals surface area contributed by atoms with Crippen LogP contribution in [0.25, 0.3) is 11.3 Å². The van der Waals surface area contributed by atoms with E-state index < -0.39 is 17.0 Å². The van der Waals surface area contributed by atoms with E-state index in [0.717, 1.165) is 11.3 Å². The Labute approximate surface area is 203 Å². The minimum Gasteiger partial charge on any atom is -0.486 e. The monoisotopic (exact) mass is 505 g/mol. The number of alkyl halides is 3. The van der Waals surface area contributed by atoms with Crippen LogP contribution in [0, 0.1) is 0 Å². The average molecular weight is 506 g/mol. The summed E-state index contributed by atoms with van der Waals surface area (Å²) in [6.07, 6.45) is -3.98. The number of ether oxygens (including phenoxy) is 1. The van der Waals surface area contributed by atoms with E-state index in [1.54, 1.807) is 53.4 Å². The van der Waals surface area contributed by atoms with Crippen molar-refractivity contribution in [3.8, 4) is 17.0 Å². The van der Waals surface area contributed by atoms with Gasteiger partial charge in [0.15, 0.2) is 0 Å². The zero-order chi connectivity index (χ0) is 25.0. The third kappa shape index (κ3) is 5.98. The second-order valence-electron chi connectivity index (χ2n) is 7.84. The number of carboxylic acids is 1. The molecule has 4 rings (SSSR count). The average Bonchev–Trinajstić information content (AvgIpc) is 3.45. The van der Waals surface area contributed by atoms with Gasteiger partial charge in [0.25, 0.3) is 0 Å². The second-order valence-corrected chi connectivity index (χ2v) is 8.93. The van der Waals surface area contributed by atoms with Crippen LogP contribution in [-0.4, -0.2) is 41.6 Å². The van der Waals surface area contributed by atoms with Crippen molar-refractivity contribution in [3.05, 3.63) is 64.0 Å². The van der Waals surface area contributed by atoms with Gasteiger partial charge in [0.05, 0.1) is 18.7 Å². The van der Waals surface area contributed by atoms with Crippen molar-refractivity contribution in [1.82, 2.24) is 10.3 Å². The van der Waals surface area contributed by atoms with Crippen LogP contribution in [0.1, 0.15) is 21.9 Å². The summed E-state index contributed by atoms with van der Waals surface area (Å²) in [5.74, 6) is -0.631. The molecule has 0 saturated carbocycles. The van der Waals surface area contributed by atoms with Crippen LogP contribution in [0.5, 0.6) is 5.75 Å². The summed E-state index contributed by atoms with van der Waals surface area (Å²) in [5.41, 5.74) is 1.91. The highest BCUT2D eigenvalue weighted by Crippen LogP contribution is 2.41. The molecule has 1 amide bonds. The number of carbonyl (C=O) groups excluding carboxylic acids is 1. The van der Waals surface area contributed by atoms with E-state index in [-0.39, 0.29) is 42.7 Å². The number of carboxylic acid groups (broad SMARTS) is 1. The van der Waals surface area contributed by atoms with Gasteiger partial charge in [0.1, 0.15) is 22.2 Å². The van der Waals surface area contributed by atoms with Gasteiger partial charge < -0.3 is 20.1 Å². The molecule has 7 nitrogen and oxygen atoms in total. The first-order valence-electron chi connectivity index (χ1n) is 10.8. The van der Waals surface area contributed by atoms with Crippen molar-refractivity contribution in [3.63, 3.8) is 0 Å². The molecule has 0 atom stereocenters. The van der Waals surface area contributed by atoms with E-state index in [0.29, 0.717) is 35.6 Å². The predicted octanol–water partition coefficient (Wildman–Crippen LogP) is 4.36. The number of rotatable bonds is 9. The molecule has 11 heteroatoms. The third-order valence-corrected chi connectivity index (χ3v) is 6.45. The summed E-state index contributed by atoms with van der Waals surface area (Å²) in [7, 11) is 0. The molecule has 2 heterocycles. The summed E-state index contributed by atoms with van der Waals surface area (Å²) < 4.78 is 46.4. The lowest BCUT2D eigenvalue weighted by atomic mass is 10.1. The van der Waals surface area contributed by atoms with Crippen molar-refractivity contribution >= 4 is 28.9 Å². The Morgan fingerprint density at radius 2 is 1.94 bits per heavy atom. The van der Waals surface area contributed by atoms with Crippen LogP contribution < -0.4 is 15.0 Å². The van der Waals surface area contributed by atoms with Crippen LogP contribution in [-0.2, 0) is 28.8 Å². The van der Waals surface area contributed by atoms with Gasteiger partial charge >= 0.3 is 12.1 Å². The van der Waals surface area contributed by atoms with Gasteiger partial charge in [-0.05, 0) is 30.2 Å². The van der Waals surface area contributed by atoms with Gasteiger partial charge in [-0.1, -0.05) is 30.3 Å². The second kappa shape index (κ2) is 10.4. The minimum atomic E-state index is -4.52. The number of anilines is 1. The van der Waals surface area contributed by atoms with E-state index in [1.165, 1.54) is 0 Å². The summed E-state index contributed by atoms with van der Waals surface area (Å²) in [6.45, 7) is 0.600. The van der Waals surface area contributed by atoms with E-state index in [9.17, 15) is 22.8 Å². The molecule has 1 aliphatic heterocycles. The number of hydrogen-bond donors (Lipinski definition) is 2. The first kappa shape index (κ1) is 24.7. The zero-order valence-corrected chi connectivity index (χ0v) is 19.3. The van der Waals surface area contributed by atoms with Gasteiger partial charge in [0, 0.05) is 24.3 Å². The fourth-order valence-electron chi connectivity index (χ4n) is 3.77. The molecule has 2 N–H and O–H groups in total. The number of fused-ring (bicyclic) bond motifs is 1. The van der Waals surface area contributed by atoms with E-state index in [1.807, 2.05) is 0 Å². The number of amides is 1. The molecule has 35 heavy (non-hydrogen) atoms. The van der Waals surface area contributed by atoms with E-state index >= 15 is 0 Å². The quantitative estimate of drug-likeness (QED) is 0.420. The van der Waals surface area contributed by atoms with Crippen LogP contribution in [0.15, 0.2) is 48.5 Å². The first-order valence-corrected chi connectivity index (χ1v) is 11.6. The number of aliphatic carboxylic acids is 1. The highest BCUT2D eigenvalue weighted by atomic mass is 32.1. The fourth-order valence-corrected chi connectivity index (χ4v) is 4.63. The molecule has 2 aromatic carbocycles. The van der Waals surface area contributed by atoms with E-state index in [4.69, 9.17) is 9.84 Å². The highest BCUT2D eigenvalue weighted by molar-refractivity contribution is 7.12. The van der Waals surface area contributed by atoms with Crippen LogP contribution in [0.3, 0.4) is 0 Å². The molecule has 0 saturated heterocycles. The first-order chi connectivity index (χ1) is 16.7. The van der Waals surface area contributed by atoms with Crippen LogP contribution >= 0.6 is 11.3 Å². The molecular formula is C24H22F3N3O4S. The molecule has 0 unspecified atom stereocenters. The molecule has 0 radical (unpaired) electrons. The highest BCUT2D eigenvalue weighted by Gasteiger charge is 2.37. The largest absolute Gasteiger partial charge is 0.486 e. The van der Waals surface area contributed by atoms with Gasteiger partial charge in [-0.3, -0.25) is 9.59 Å². The number of halogens is 3. The number of nitrogens with zero attached hydrogens (tertiary/aromatic N) is 2. The SMILES string of the molecule is O=C(O)CCNCC(=O)N1CCc2cc(OCc3nc(-c4ccccc4)c(C(F)(F)F)s3)ccc21. The molecule has 3 aromatic rings. The lowest BCUT2D eigenvalue weighted by molar-refractivity contribution is -0.137. The maximum atomic E-state index is 13.6. The Hall–Kier alpha value is -3.44. The van der Waals surface area contributed by atoms with Crippen molar-refractivity contribution < 1.29 is 32.6 Å². The summed E-state index contributed by atoms with van der Waals surface area (Å²) >= 11 is 0.564.